The fourth-order valence-electron chi connectivity index (χ4n) is 1.47. The van der Waals surface area contributed by atoms with Crippen molar-refractivity contribution in [2.24, 2.45) is 5.29 Å². The maximum Gasteiger partial charge on any atom is 0.0594 e. The third-order valence-corrected chi connectivity index (χ3v) is 2.30. The minimum atomic E-state index is 0.675. The fourth-order valence-corrected chi connectivity index (χ4v) is 1.47. The van der Waals surface area contributed by atoms with Gasteiger partial charge in [0.15, 0.2) is 0 Å². The second kappa shape index (κ2) is 4.44. The summed E-state index contributed by atoms with van der Waals surface area (Å²) in [7, 11) is 0. The average Bonchev–Trinajstić information content (AvgIpc) is 2.32. The number of nitrogen functional groups attached to an aromatic ring is 1. The van der Waals surface area contributed by atoms with Crippen molar-refractivity contribution in [2.75, 3.05) is 11.2 Å². The van der Waals surface area contributed by atoms with Crippen molar-refractivity contribution in [3.05, 3.63) is 53.4 Å². The molecule has 2 rings (SSSR count). The number of anilines is 2. The molecule has 16 heavy (non-hydrogen) atoms. The molecule has 0 unspecified atom stereocenters. The molecule has 80 valence electrons. The van der Waals surface area contributed by atoms with Gasteiger partial charge in [-0.1, -0.05) is 24.3 Å². The zero-order valence-corrected chi connectivity index (χ0v) is 8.55. The summed E-state index contributed by atoms with van der Waals surface area (Å²) in [6, 6.07) is 15.0. The Morgan fingerprint density at radius 1 is 0.875 bits per heavy atom. The van der Waals surface area contributed by atoms with Crippen molar-refractivity contribution >= 4 is 11.4 Å². The second-order valence-corrected chi connectivity index (χ2v) is 3.40. The van der Waals surface area contributed by atoms with E-state index in [1.807, 2.05) is 36.4 Å². The van der Waals surface area contributed by atoms with Crippen LogP contribution in [0.5, 0.6) is 0 Å². The Bertz CT molecular complexity index is 477. The molecule has 0 aliphatic rings. The first kappa shape index (κ1) is 10.2. The molecule has 0 heterocycles. The van der Waals surface area contributed by atoms with Gasteiger partial charge in [-0.2, -0.15) is 0 Å². The van der Waals surface area contributed by atoms with Gasteiger partial charge in [0, 0.05) is 5.69 Å². The summed E-state index contributed by atoms with van der Waals surface area (Å²) in [5.74, 6) is 0. The van der Waals surface area contributed by atoms with E-state index in [9.17, 15) is 4.91 Å². The molecule has 0 radical (unpaired) electrons. The van der Waals surface area contributed by atoms with Crippen LogP contribution >= 0.6 is 0 Å². The van der Waals surface area contributed by atoms with Crippen LogP contribution in [0.1, 0.15) is 0 Å². The van der Waals surface area contributed by atoms with Crippen LogP contribution in [0.15, 0.2) is 53.8 Å². The monoisotopic (exact) mass is 213 g/mol. The zero-order chi connectivity index (χ0) is 11.4. The molecular weight excluding hydrogens is 202 g/mol. The maximum atomic E-state index is 9.99. The molecule has 0 atom stereocenters. The van der Waals surface area contributed by atoms with Crippen LogP contribution in [0.3, 0.4) is 0 Å². The molecule has 0 spiro atoms. The van der Waals surface area contributed by atoms with Crippen LogP contribution in [0, 0.1) is 4.91 Å². The molecule has 4 nitrogen and oxygen atoms in total. The molecule has 0 aliphatic carbocycles. The summed E-state index contributed by atoms with van der Waals surface area (Å²) in [6.07, 6.45) is 0. The van der Waals surface area contributed by atoms with Gasteiger partial charge in [0.1, 0.15) is 0 Å². The van der Waals surface area contributed by atoms with Gasteiger partial charge >= 0.3 is 0 Å². The van der Waals surface area contributed by atoms with Gasteiger partial charge in [0.2, 0.25) is 0 Å². The molecule has 0 aromatic heterocycles. The number of rotatable bonds is 3. The SMILES string of the molecule is Nc1ccc(-c2ccc(NN=O)cc2)cc1. The first-order valence-electron chi connectivity index (χ1n) is 4.84. The van der Waals surface area contributed by atoms with Crippen molar-refractivity contribution in [1.29, 1.82) is 0 Å². The van der Waals surface area contributed by atoms with Crippen molar-refractivity contribution in [3.8, 4) is 11.1 Å². The summed E-state index contributed by atoms with van der Waals surface area (Å²) in [4.78, 5) is 9.99. The molecule has 0 amide bonds. The molecule has 2 aromatic carbocycles. The Morgan fingerprint density at radius 3 is 1.88 bits per heavy atom. The first-order chi connectivity index (χ1) is 7.79. The Balaban J connectivity index is 2.27. The second-order valence-electron chi connectivity index (χ2n) is 3.40. The average molecular weight is 213 g/mol. The number of nitroso groups, excluding NO2 is 1. The first-order valence-corrected chi connectivity index (χ1v) is 4.84. The van der Waals surface area contributed by atoms with E-state index >= 15 is 0 Å². The Kier molecular flexibility index (Phi) is 2.82. The van der Waals surface area contributed by atoms with E-state index in [0.29, 0.717) is 5.69 Å². The van der Waals surface area contributed by atoms with E-state index in [1.165, 1.54) is 0 Å². The molecule has 4 heteroatoms. The van der Waals surface area contributed by atoms with Gasteiger partial charge in [-0.25, -0.2) is 5.43 Å². The number of hydrogen-bond donors (Lipinski definition) is 2. The number of nitrogens with one attached hydrogen (secondary N) is 1. The standard InChI is InChI=1S/C12H11N3O/c13-11-5-1-9(2-6-11)10-3-7-12(8-4-10)14-15-16/h1-8H,13H2,(H,14,16). The van der Waals surface area contributed by atoms with Crippen molar-refractivity contribution < 1.29 is 0 Å². The smallest absolute Gasteiger partial charge is 0.0594 e. The van der Waals surface area contributed by atoms with Gasteiger partial charge in [-0.15, -0.1) is 4.91 Å². The van der Waals surface area contributed by atoms with Gasteiger partial charge in [0.25, 0.3) is 0 Å². The summed E-state index contributed by atoms with van der Waals surface area (Å²) in [5, 5.41) is 2.60. The molecule has 0 aliphatic heterocycles. The zero-order valence-electron chi connectivity index (χ0n) is 8.55. The lowest BCUT2D eigenvalue weighted by molar-refractivity contribution is 1.32. The maximum absolute atomic E-state index is 9.99. The highest BCUT2D eigenvalue weighted by atomic mass is 16.3. The van der Waals surface area contributed by atoms with Crippen LogP contribution in [0.4, 0.5) is 11.4 Å². The summed E-state index contributed by atoms with van der Waals surface area (Å²) in [5.41, 5.74) is 11.5. The number of nitrogens with zero attached hydrogens (tertiary/aromatic N) is 1. The van der Waals surface area contributed by atoms with Crippen molar-refractivity contribution in [1.82, 2.24) is 0 Å². The lowest BCUT2D eigenvalue weighted by Gasteiger charge is -2.03. The predicted octanol–water partition coefficient (Wildman–Crippen LogP) is 3.03. The van der Waals surface area contributed by atoms with Gasteiger partial charge in [0.05, 0.1) is 11.0 Å². The number of benzene rings is 2. The van der Waals surface area contributed by atoms with Crippen LogP contribution in [0.2, 0.25) is 0 Å². The topological polar surface area (TPSA) is 67.5 Å². The predicted molar refractivity (Wildman–Crippen MR) is 65.7 cm³/mol. The Labute approximate surface area is 93.0 Å². The molecule has 0 saturated heterocycles. The van der Waals surface area contributed by atoms with Gasteiger partial charge in [-0.3, -0.25) is 0 Å². The quantitative estimate of drug-likeness (QED) is 0.468. The third-order valence-electron chi connectivity index (χ3n) is 2.30. The molecular formula is C12H11N3O. The van der Waals surface area contributed by atoms with E-state index in [0.717, 1.165) is 16.8 Å². The molecule has 2 aromatic rings. The summed E-state index contributed by atoms with van der Waals surface area (Å²) in [6.45, 7) is 0. The van der Waals surface area contributed by atoms with Crippen molar-refractivity contribution in [3.63, 3.8) is 0 Å². The van der Waals surface area contributed by atoms with E-state index in [2.05, 4.69) is 10.7 Å². The van der Waals surface area contributed by atoms with Gasteiger partial charge < -0.3 is 5.73 Å². The highest BCUT2D eigenvalue weighted by Gasteiger charge is 1.97. The highest BCUT2D eigenvalue weighted by molar-refractivity contribution is 5.67. The molecule has 0 fully saturated rings. The lowest BCUT2D eigenvalue weighted by atomic mass is 10.1. The molecule has 0 bridgehead atoms. The highest BCUT2D eigenvalue weighted by Crippen LogP contribution is 2.22. The Hall–Kier alpha value is -2.36. The van der Waals surface area contributed by atoms with E-state index in [1.54, 1.807) is 12.1 Å². The van der Waals surface area contributed by atoms with Gasteiger partial charge in [-0.05, 0) is 35.4 Å². The fraction of sp³-hybridized carbons (Fsp3) is 0. The van der Waals surface area contributed by atoms with Crippen molar-refractivity contribution in [2.45, 2.75) is 0 Å². The van der Waals surface area contributed by atoms with Crippen LogP contribution < -0.4 is 11.2 Å². The summed E-state index contributed by atoms with van der Waals surface area (Å²) >= 11 is 0. The number of nitrogens with two attached hydrogens (primary N) is 1. The normalized spacial score (nSPS) is 9.75. The minimum absolute atomic E-state index is 0.675. The third kappa shape index (κ3) is 2.17. The largest absolute Gasteiger partial charge is 0.399 e. The minimum Gasteiger partial charge on any atom is -0.399 e. The lowest BCUT2D eigenvalue weighted by Crippen LogP contribution is -1.86. The van der Waals surface area contributed by atoms with Crippen LogP contribution in [-0.2, 0) is 0 Å². The van der Waals surface area contributed by atoms with E-state index < -0.39 is 0 Å². The van der Waals surface area contributed by atoms with E-state index in [4.69, 9.17) is 5.73 Å². The molecule has 0 saturated carbocycles. The van der Waals surface area contributed by atoms with E-state index in [-0.39, 0.29) is 0 Å². The number of hydrogen-bond acceptors (Lipinski definition) is 3. The molecule has 3 N–H and O–H groups in total. The Morgan fingerprint density at radius 2 is 1.38 bits per heavy atom. The van der Waals surface area contributed by atoms with Crippen LogP contribution in [0.25, 0.3) is 11.1 Å². The summed E-state index contributed by atoms with van der Waals surface area (Å²) < 4.78 is 0. The van der Waals surface area contributed by atoms with Crippen LogP contribution in [-0.4, -0.2) is 0 Å².